The van der Waals surface area contributed by atoms with Crippen molar-refractivity contribution in [2.75, 3.05) is 6.54 Å². The van der Waals surface area contributed by atoms with E-state index in [-0.39, 0.29) is 11.9 Å². The van der Waals surface area contributed by atoms with E-state index in [1.54, 1.807) is 0 Å². The molecule has 2 fully saturated rings. The zero-order valence-corrected chi connectivity index (χ0v) is 12.6. The summed E-state index contributed by atoms with van der Waals surface area (Å²) in [6.07, 6.45) is 6.88. The van der Waals surface area contributed by atoms with Gasteiger partial charge in [0, 0.05) is 19.0 Å². The van der Waals surface area contributed by atoms with E-state index >= 15 is 0 Å². The third-order valence-corrected chi connectivity index (χ3v) is 5.31. The van der Waals surface area contributed by atoms with Crippen LogP contribution in [-0.2, 0) is 11.2 Å². The Morgan fingerprint density at radius 2 is 2.05 bits per heavy atom. The Morgan fingerprint density at radius 1 is 1.24 bits per heavy atom. The van der Waals surface area contributed by atoms with Gasteiger partial charge < -0.3 is 11.1 Å². The van der Waals surface area contributed by atoms with Gasteiger partial charge in [0.15, 0.2) is 0 Å². The minimum Gasteiger partial charge on any atom is -0.352 e. The Bertz CT molecular complexity index is 473. The molecule has 0 heterocycles. The molecule has 0 aromatic heterocycles. The molecule has 1 aromatic rings. The van der Waals surface area contributed by atoms with Crippen molar-refractivity contribution in [3.05, 3.63) is 35.9 Å². The SMILES string of the molecule is NCC(Cc1ccccc1)NC(=O)CC1CC2CCC1C2. The maximum atomic E-state index is 12.3. The number of nitrogens with two attached hydrogens (primary N) is 1. The second-order valence-corrected chi connectivity index (χ2v) is 6.83. The molecule has 2 bridgehead atoms. The van der Waals surface area contributed by atoms with Crippen molar-refractivity contribution in [1.29, 1.82) is 0 Å². The first-order chi connectivity index (χ1) is 10.2. The van der Waals surface area contributed by atoms with Crippen molar-refractivity contribution in [2.24, 2.45) is 23.5 Å². The van der Waals surface area contributed by atoms with E-state index in [2.05, 4.69) is 17.4 Å². The molecule has 21 heavy (non-hydrogen) atoms. The molecule has 4 unspecified atom stereocenters. The molecule has 0 spiro atoms. The minimum atomic E-state index is 0.0542. The summed E-state index contributed by atoms with van der Waals surface area (Å²) < 4.78 is 0. The predicted octanol–water partition coefficient (Wildman–Crippen LogP) is 2.50. The number of carbonyl (C=O) groups is 1. The normalized spacial score (nSPS) is 28.5. The third kappa shape index (κ3) is 3.65. The molecule has 114 valence electrons. The molecule has 2 saturated carbocycles. The fraction of sp³-hybridized carbons (Fsp3) is 0.611. The van der Waals surface area contributed by atoms with Crippen LogP contribution in [0.2, 0.25) is 0 Å². The summed E-state index contributed by atoms with van der Waals surface area (Å²) in [7, 11) is 0. The lowest BCUT2D eigenvalue weighted by atomic mass is 9.86. The van der Waals surface area contributed by atoms with Crippen LogP contribution in [0.3, 0.4) is 0 Å². The summed E-state index contributed by atoms with van der Waals surface area (Å²) in [4.78, 5) is 12.3. The van der Waals surface area contributed by atoms with Gasteiger partial charge in [-0.25, -0.2) is 0 Å². The van der Waals surface area contributed by atoms with Crippen LogP contribution in [0.25, 0.3) is 0 Å². The number of amides is 1. The Kier molecular flexibility index (Phi) is 4.59. The van der Waals surface area contributed by atoms with Crippen molar-refractivity contribution < 1.29 is 4.79 Å². The predicted molar refractivity (Wildman–Crippen MR) is 84.7 cm³/mol. The molecule has 0 aliphatic heterocycles. The molecule has 1 aromatic carbocycles. The fourth-order valence-corrected chi connectivity index (χ4v) is 4.24. The van der Waals surface area contributed by atoms with Gasteiger partial charge in [0.2, 0.25) is 5.91 Å². The first-order valence-corrected chi connectivity index (χ1v) is 8.28. The minimum absolute atomic E-state index is 0.0542. The highest BCUT2D eigenvalue weighted by atomic mass is 16.1. The zero-order chi connectivity index (χ0) is 14.7. The van der Waals surface area contributed by atoms with Crippen molar-refractivity contribution in [1.82, 2.24) is 5.32 Å². The maximum absolute atomic E-state index is 12.3. The van der Waals surface area contributed by atoms with Crippen LogP contribution in [0, 0.1) is 17.8 Å². The largest absolute Gasteiger partial charge is 0.352 e. The average molecular weight is 286 g/mol. The molecule has 1 amide bonds. The standard InChI is InChI=1S/C18H26N2O/c19-12-17(10-13-4-2-1-3-5-13)20-18(21)11-16-9-14-6-7-15(16)8-14/h1-5,14-17H,6-12,19H2,(H,20,21). The zero-order valence-electron chi connectivity index (χ0n) is 12.6. The Balaban J connectivity index is 1.48. The van der Waals surface area contributed by atoms with Gasteiger partial charge in [0.05, 0.1) is 0 Å². The molecule has 2 aliphatic carbocycles. The Morgan fingerprint density at radius 3 is 2.67 bits per heavy atom. The van der Waals surface area contributed by atoms with E-state index in [0.717, 1.165) is 18.3 Å². The summed E-state index contributed by atoms with van der Waals surface area (Å²) in [5.41, 5.74) is 7.05. The fourth-order valence-electron chi connectivity index (χ4n) is 4.24. The van der Waals surface area contributed by atoms with Crippen LogP contribution in [0.1, 0.15) is 37.7 Å². The number of fused-ring (bicyclic) bond motifs is 2. The van der Waals surface area contributed by atoms with Gasteiger partial charge in [-0.2, -0.15) is 0 Å². The number of hydrogen-bond donors (Lipinski definition) is 2. The average Bonchev–Trinajstić information content (AvgIpc) is 3.10. The highest BCUT2D eigenvalue weighted by molar-refractivity contribution is 5.76. The number of benzene rings is 1. The van der Waals surface area contributed by atoms with E-state index in [4.69, 9.17) is 5.73 Å². The van der Waals surface area contributed by atoms with Gasteiger partial charge in [-0.3, -0.25) is 4.79 Å². The van der Waals surface area contributed by atoms with Gasteiger partial charge in [0.25, 0.3) is 0 Å². The van der Waals surface area contributed by atoms with Crippen LogP contribution in [0.4, 0.5) is 0 Å². The van der Waals surface area contributed by atoms with Crippen LogP contribution < -0.4 is 11.1 Å². The summed E-state index contributed by atoms with van der Waals surface area (Å²) in [5.74, 6) is 2.53. The van der Waals surface area contributed by atoms with Crippen molar-refractivity contribution in [2.45, 2.75) is 44.6 Å². The highest BCUT2D eigenvalue weighted by Gasteiger charge is 2.40. The quantitative estimate of drug-likeness (QED) is 0.844. The monoisotopic (exact) mass is 286 g/mol. The van der Waals surface area contributed by atoms with Crippen LogP contribution in [0.5, 0.6) is 0 Å². The van der Waals surface area contributed by atoms with E-state index in [0.29, 0.717) is 18.9 Å². The molecule has 0 radical (unpaired) electrons. The molecule has 3 rings (SSSR count). The van der Waals surface area contributed by atoms with E-state index in [1.165, 1.54) is 31.2 Å². The topological polar surface area (TPSA) is 55.1 Å². The van der Waals surface area contributed by atoms with Crippen LogP contribution >= 0.6 is 0 Å². The van der Waals surface area contributed by atoms with Crippen LogP contribution in [0.15, 0.2) is 30.3 Å². The second kappa shape index (κ2) is 6.61. The van der Waals surface area contributed by atoms with Gasteiger partial charge in [-0.15, -0.1) is 0 Å². The number of nitrogens with one attached hydrogen (secondary N) is 1. The van der Waals surface area contributed by atoms with E-state index in [9.17, 15) is 4.79 Å². The molecular formula is C18H26N2O. The third-order valence-electron chi connectivity index (χ3n) is 5.31. The highest BCUT2D eigenvalue weighted by Crippen LogP contribution is 2.49. The number of carbonyl (C=O) groups excluding carboxylic acids is 1. The van der Waals surface area contributed by atoms with Gasteiger partial charge >= 0.3 is 0 Å². The molecule has 0 saturated heterocycles. The second-order valence-electron chi connectivity index (χ2n) is 6.83. The number of hydrogen-bond acceptors (Lipinski definition) is 2. The number of rotatable bonds is 6. The molecular weight excluding hydrogens is 260 g/mol. The Labute approximate surface area is 127 Å². The van der Waals surface area contributed by atoms with Gasteiger partial charge in [-0.1, -0.05) is 36.8 Å². The smallest absolute Gasteiger partial charge is 0.220 e. The lowest BCUT2D eigenvalue weighted by Gasteiger charge is -2.23. The molecule has 3 N–H and O–H groups in total. The summed E-state index contributed by atoms with van der Waals surface area (Å²) in [5, 5.41) is 3.14. The molecule has 3 heteroatoms. The van der Waals surface area contributed by atoms with E-state index < -0.39 is 0 Å². The molecule has 4 atom stereocenters. The molecule has 3 nitrogen and oxygen atoms in total. The summed E-state index contributed by atoms with van der Waals surface area (Å²) in [6, 6.07) is 10.3. The first-order valence-electron chi connectivity index (χ1n) is 8.28. The lowest BCUT2D eigenvalue weighted by Crippen LogP contribution is -2.42. The Hall–Kier alpha value is -1.35. The lowest BCUT2D eigenvalue weighted by molar-refractivity contribution is -0.123. The van der Waals surface area contributed by atoms with Gasteiger partial charge in [0.1, 0.15) is 0 Å². The maximum Gasteiger partial charge on any atom is 0.220 e. The van der Waals surface area contributed by atoms with Crippen molar-refractivity contribution in [3.63, 3.8) is 0 Å². The van der Waals surface area contributed by atoms with Crippen molar-refractivity contribution in [3.8, 4) is 0 Å². The summed E-state index contributed by atoms with van der Waals surface area (Å²) >= 11 is 0. The van der Waals surface area contributed by atoms with Crippen molar-refractivity contribution >= 4 is 5.91 Å². The first kappa shape index (κ1) is 14.6. The van der Waals surface area contributed by atoms with E-state index in [1.807, 2.05) is 18.2 Å². The molecule has 2 aliphatic rings. The summed E-state index contributed by atoms with van der Waals surface area (Å²) in [6.45, 7) is 0.497. The van der Waals surface area contributed by atoms with Gasteiger partial charge in [-0.05, 0) is 49.0 Å². The van der Waals surface area contributed by atoms with Crippen LogP contribution in [-0.4, -0.2) is 18.5 Å².